The number of rotatable bonds is 6. The monoisotopic (exact) mass is 295 g/mol. The molecule has 1 aliphatic rings. The second-order valence-corrected chi connectivity index (χ2v) is 5.31. The van der Waals surface area contributed by atoms with Crippen LogP contribution in [0.15, 0.2) is 28.7 Å². The maximum Gasteiger partial charge on any atom is 0.214 e. The Labute approximate surface area is 109 Å². The molecule has 0 aliphatic heterocycles. The Morgan fingerprint density at radius 1 is 1.35 bits per heavy atom. The Hall–Kier alpha value is -1.16. The molecule has 17 heavy (non-hydrogen) atoms. The summed E-state index contributed by atoms with van der Waals surface area (Å²) in [5, 5.41) is 0. The van der Waals surface area contributed by atoms with Crippen LogP contribution >= 0.6 is 15.9 Å². The van der Waals surface area contributed by atoms with E-state index >= 15 is 0 Å². The molecule has 1 fully saturated rings. The molecule has 2 rings (SSSR count). The first-order chi connectivity index (χ1) is 8.19. The molecule has 0 radical (unpaired) electrons. The van der Waals surface area contributed by atoms with Crippen LogP contribution in [0.25, 0.3) is 0 Å². The zero-order valence-corrected chi connectivity index (χ0v) is 11.0. The van der Waals surface area contributed by atoms with Crippen molar-refractivity contribution in [3.05, 3.63) is 28.7 Å². The normalized spacial score (nSPS) is 14.4. The molecule has 1 aliphatic carbocycles. The molecule has 0 unspecified atom stereocenters. The highest BCUT2D eigenvalue weighted by molar-refractivity contribution is 9.10. The molecule has 0 N–H and O–H groups in total. The van der Waals surface area contributed by atoms with E-state index in [1.807, 2.05) is 24.3 Å². The summed E-state index contributed by atoms with van der Waals surface area (Å²) < 4.78 is 0.955. The third-order valence-corrected chi connectivity index (χ3v) is 3.37. The van der Waals surface area contributed by atoms with E-state index in [2.05, 4.69) is 15.9 Å². The van der Waals surface area contributed by atoms with Gasteiger partial charge in [0, 0.05) is 16.6 Å². The van der Waals surface area contributed by atoms with Crippen molar-refractivity contribution in [2.24, 2.45) is 5.92 Å². The summed E-state index contributed by atoms with van der Waals surface area (Å²) in [4.78, 5) is 24.1. The van der Waals surface area contributed by atoms with Gasteiger partial charge in [-0.1, -0.05) is 15.9 Å². The fourth-order valence-corrected chi connectivity index (χ4v) is 1.98. The van der Waals surface area contributed by atoms with E-state index in [0.717, 1.165) is 23.0 Å². The third kappa shape index (κ3) is 3.66. The summed E-state index contributed by atoms with van der Waals surface area (Å²) >= 11 is 3.33. The summed E-state index contributed by atoms with van der Waals surface area (Å²) in [6.45, 7) is 0.182. The predicted molar refractivity (Wildman–Crippen MR) is 69.9 cm³/mol. The number of amides is 1. The van der Waals surface area contributed by atoms with Gasteiger partial charge in [-0.3, -0.25) is 9.59 Å². The minimum atomic E-state index is 0.141. The van der Waals surface area contributed by atoms with Gasteiger partial charge in [0.25, 0.3) is 0 Å². The molecule has 0 aromatic heterocycles. The highest BCUT2D eigenvalue weighted by Gasteiger charge is 2.25. The molecule has 0 spiro atoms. The molecule has 1 saturated carbocycles. The second kappa shape index (κ2) is 5.45. The van der Waals surface area contributed by atoms with Crippen LogP contribution in [0.4, 0.5) is 5.69 Å². The van der Waals surface area contributed by atoms with Crippen molar-refractivity contribution in [2.45, 2.75) is 19.3 Å². The fourth-order valence-electron chi connectivity index (χ4n) is 1.72. The fraction of sp³-hybridized carbons (Fsp3) is 0.385. The number of anilines is 1. The molecular weight excluding hydrogens is 282 g/mol. The number of carbonyl (C=O) groups is 2. The molecule has 1 aromatic carbocycles. The first-order valence-electron chi connectivity index (χ1n) is 5.68. The highest BCUT2D eigenvalue weighted by atomic mass is 79.9. The van der Waals surface area contributed by atoms with Gasteiger partial charge in [-0.15, -0.1) is 0 Å². The SMILES string of the molecule is O=CN(CC(=O)CC1CC1)c1ccc(Br)cc1. The molecule has 3 nitrogen and oxygen atoms in total. The van der Waals surface area contributed by atoms with E-state index in [4.69, 9.17) is 0 Å². The molecule has 0 atom stereocenters. The summed E-state index contributed by atoms with van der Waals surface area (Å²) in [6.07, 6.45) is 3.64. The molecule has 0 heterocycles. The van der Waals surface area contributed by atoms with E-state index in [0.29, 0.717) is 18.7 Å². The maximum atomic E-state index is 11.7. The van der Waals surface area contributed by atoms with Gasteiger partial charge in [0.15, 0.2) is 5.78 Å². The van der Waals surface area contributed by atoms with Gasteiger partial charge in [-0.25, -0.2) is 0 Å². The minimum Gasteiger partial charge on any atom is -0.308 e. The van der Waals surface area contributed by atoms with Crippen LogP contribution in [0.1, 0.15) is 19.3 Å². The Morgan fingerprint density at radius 2 is 2.00 bits per heavy atom. The molecule has 0 bridgehead atoms. The van der Waals surface area contributed by atoms with E-state index in [1.165, 1.54) is 4.90 Å². The summed E-state index contributed by atoms with van der Waals surface area (Å²) in [7, 11) is 0. The largest absolute Gasteiger partial charge is 0.308 e. The van der Waals surface area contributed by atoms with Crippen LogP contribution in [0.2, 0.25) is 0 Å². The van der Waals surface area contributed by atoms with E-state index in [-0.39, 0.29) is 12.3 Å². The van der Waals surface area contributed by atoms with E-state index in [1.54, 1.807) is 0 Å². The van der Waals surface area contributed by atoms with Crippen LogP contribution in [0.5, 0.6) is 0 Å². The number of carbonyl (C=O) groups excluding carboxylic acids is 2. The van der Waals surface area contributed by atoms with E-state index < -0.39 is 0 Å². The second-order valence-electron chi connectivity index (χ2n) is 4.40. The Kier molecular flexibility index (Phi) is 3.94. The van der Waals surface area contributed by atoms with Gasteiger partial charge in [-0.2, -0.15) is 0 Å². The Balaban J connectivity index is 1.97. The molecule has 1 amide bonds. The van der Waals surface area contributed by atoms with Crippen LogP contribution in [-0.2, 0) is 9.59 Å². The average Bonchev–Trinajstić information content (AvgIpc) is 3.11. The van der Waals surface area contributed by atoms with Crippen molar-refractivity contribution >= 4 is 33.8 Å². The van der Waals surface area contributed by atoms with Crippen LogP contribution in [-0.4, -0.2) is 18.7 Å². The quantitative estimate of drug-likeness (QED) is 0.757. The van der Waals surface area contributed by atoms with Gasteiger partial charge in [0.05, 0.1) is 6.54 Å². The number of hydrogen-bond acceptors (Lipinski definition) is 2. The van der Waals surface area contributed by atoms with E-state index in [9.17, 15) is 9.59 Å². The summed E-state index contributed by atoms with van der Waals surface area (Å²) in [5.41, 5.74) is 0.757. The Morgan fingerprint density at radius 3 is 2.53 bits per heavy atom. The van der Waals surface area contributed by atoms with Crippen LogP contribution < -0.4 is 4.90 Å². The number of Topliss-reactive ketones (excluding diaryl/α,β-unsaturated/α-hetero) is 1. The molecular formula is C13H14BrNO2. The zero-order valence-electron chi connectivity index (χ0n) is 9.43. The maximum absolute atomic E-state index is 11.7. The van der Waals surface area contributed by atoms with Crippen LogP contribution in [0.3, 0.4) is 0 Å². The molecule has 0 saturated heterocycles. The van der Waals surface area contributed by atoms with Crippen molar-refractivity contribution in [2.75, 3.05) is 11.4 Å². The van der Waals surface area contributed by atoms with Crippen molar-refractivity contribution in [1.82, 2.24) is 0 Å². The number of benzene rings is 1. The lowest BCUT2D eigenvalue weighted by molar-refractivity contribution is -0.119. The number of halogens is 1. The zero-order chi connectivity index (χ0) is 12.3. The average molecular weight is 296 g/mol. The lowest BCUT2D eigenvalue weighted by atomic mass is 10.2. The number of hydrogen-bond donors (Lipinski definition) is 0. The summed E-state index contributed by atoms with van der Waals surface area (Å²) in [6, 6.07) is 7.36. The minimum absolute atomic E-state index is 0.141. The van der Waals surface area contributed by atoms with Crippen molar-refractivity contribution < 1.29 is 9.59 Å². The lowest BCUT2D eigenvalue weighted by Gasteiger charge is -2.16. The smallest absolute Gasteiger partial charge is 0.214 e. The predicted octanol–water partition coefficient (Wildman–Crippen LogP) is 2.78. The van der Waals surface area contributed by atoms with Gasteiger partial charge in [-0.05, 0) is 43.0 Å². The number of nitrogens with zero attached hydrogens (tertiary/aromatic N) is 1. The lowest BCUT2D eigenvalue weighted by Crippen LogP contribution is -2.28. The van der Waals surface area contributed by atoms with Crippen molar-refractivity contribution in [3.8, 4) is 0 Å². The number of ketones is 1. The van der Waals surface area contributed by atoms with Gasteiger partial charge < -0.3 is 4.90 Å². The molecule has 1 aromatic rings. The topological polar surface area (TPSA) is 37.4 Å². The van der Waals surface area contributed by atoms with Gasteiger partial charge in [0.2, 0.25) is 6.41 Å². The molecule has 90 valence electrons. The first-order valence-corrected chi connectivity index (χ1v) is 6.47. The summed E-state index contributed by atoms with van der Waals surface area (Å²) in [5.74, 6) is 0.712. The van der Waals surface area contributed by atoms with Crippen LogP contribution in [0, 0.1) is 5.92 Å². The van der Waals surface area contributed by atoms with Gasteiger partial charge in [0.1, 0.15) is 0 Å². The standard InChI is InChI=1S/C13H14BrNO2/c14-11-3-5-12(6-4-11)15(9-16)8-13(17)7-10-1-2-10/h3-6,9-10H,1-2,7-8H2. The third-order valence-electron chi connectivity index (χ3n) is 2.85. The first kappa shape index (κ1) is 12.3. The Bertz CT molecular complexity index is 412. The van der Waals surface area contributed by atoms with Gasteiger partial charge >= 0.3 is 0 Å². The van der Waals surface area contributed by atoms with Crippen molar-refractivity contribution in [3.63, 3.8) is 0 Å². The van der Waals surface area contributed by atoms with Crippen molar-refractivity contribution in [1.29, 1.82) is 0 Å². The molecule has 4 heteroatoms. The highest BCUT2D eigenvalue weighted by Crippen LogP contribution is 2.32.